The zero-order valence-corrected chi connectivity index (χ0v) is 13.8. The molecular weight excluding hydrogens is 300 g/mol. The van der Waals surface area contributed by atoms with Crippen LogP contribution in [0.5, 0.6) is 0 Å². The predicted molar refractivity (Wildman–Crippen MR) is 83.9 cm³/mol. The van der Waals surface area contributed by atoms with Crippen LogP contribution in [-0.4, -0.2) is 31.3 Å². The molecule has 1 amide bonds. The third kappa shape index (κ3) is 3.03. The number of hydrogen-bond acceptors (Lipinski definition) is 3. The summed E-state index contributed by atoms with van der Waals surface area (Å²) in [6.45, 7) is 3.91. The number of carbonyl (C=O) groups excluding carboxylic acids is 1. The van der Waals surface area contributed by atoms with Gasteiger partial charge in [0.2, 0.25) is 10.0 Å². The summed E-state index contributed by atoms with van der Waals surface area (Å²) in [6, 6.07) is 5.15. The molecule has 2 N–H and O–H groups in total. The number of nitrogens with zero attached hydrogens (tertiary/aromatic N) is 1. The summed E-state index contributed by atoms with van der Waals surface area (Å²) < 4.78 is 23.6. The average Bonchev–Trinajstić information content (AvgIpc) is 3.28. The van der Waals surface area contributed by atoms with Gasteiger partial charge in [0.25, 0.3) is 5.91 Å². The maximum absolute atomic E-state index is 13.0. The number of benzene rings is 1. The van der Waals surface area contributed by atoms with Crippen molar-refractivity contribution in [1.29, 1.82) is 0 Å². The predicted octanol–water partition coefficient (Wildman–Crippen LogP) is 2.05. The number of aryl methyl sites for hydroxylation is 1. The number of nitrogens with two attached hydrogens (primary N) is 1. The number of carbonyl (C=O) groups is 1. The molecular formula is C16H22N2O3S. The van der Waals surface area contributed by atoms with E-state index in [9.17, 15) is 13.2 Å². The van der Waals surface area contributed by atoms with Gasteiger partial charge in [-0.3, -0.25) is 4.79 Å². The maximum Gasteiger partial charge on any atom is 0.255 e. The first-order valence-electron chi connectivity index (χ1n) is 7.75. The van der Waals surface area contributed by atoms with E-state index in [-0.39, 0.29) is 28.4 Å². The van der Waals surface area contributed by atoms with Crippen molar-refractivity contribution in [3.63, 3.8) is 0 Å². The van der Waals surface area contributed by atoms with Crippen molar-refractivity contribution in [2.75, 3.05) is 0 Å². The molecule has 2 fully saturated rings. The molecule has 2 aliphatic carbocycles. The van der Waals surface area contributed by atoms with Crippen LogP contribution in [0, 0.1) is 12.8 Å². The van der Waals surface area contributed by atoms with Crippen LogP contribution in [-0.2, 0) is 10.0 Å². The Morgan fingerprint density at radius 3 is 2.41 bits per heavy atom. The molecule has 5 nitrogen and oxygen atoms in total. The van der Waals surface area contributed by atoms with Crippen LogP contribution in [0.25, 0.3) is 0 Å². The van der Waals surface area contributed by atoms with E-state index in [4.69, 9.17) is 5.14 Å². The Labute approximate surface area is 131 Å². The Morgan fingerprint density at radius 2 is 1.91 bits per heavy atom. The summed E-state index contributed by atoms with van der Waals surface area (Å²) in [5.41, 5.74) is 1.06. The molecule has 0 unspecified atom stereocenters. The van der Waals surface area contributed by atoms with Crippen LogP contribution < -0.4 is 5.14 Å². The molecule has 0 aliphatic heterocycles. The Kier molecular flexibility index (Phi) is 3.77. The number of amides is 1. The van der Waals surface area contributed by atoms with Gasteiger partial charge in [0.15, 0.2) is 0 Å². The largest absolute Gasteiger partial charge is 0.333 e. The van der Waals surface area contributed by atoms with Gasteiger partial charge in [-0.15, -0.1) is 0 Å². The molecule has 22 heavy (non-hydrogen) atoms. The van der Waals surface area contributed by atoms with E-state index in [1.165, 1.54) is 6.07 Å². The van der Waals surface area contributed by atoms with Crippen LogP contribution >= 0.6 is 0 Å². The van der Waals surface area contributed by atoms with Gasteiger partial charge in [-0.05, 0) is 57.6 Å². The Hall–Kier alpha value is -1.40. The quantitative estimate of drug-likeness (QED) is 0.901. The van der Waals surface area contributed by atoms with Crippen molar-refractivity contribution in [3.8, 4) is 0 Å². The van der Waals surface area contributed by atoms with Crippen LogP contribution in [0.4, 0.5) is 0 Å². The molecule has 3 rings (SSSR count). The highest BCUT2D eigenvalue weighted by molar-refractivity contribution is 7.89. The number of sulfonamides is 1. The SMILES string of the molecule is Cc1ccc(S(N)(=O)=O)c(C(=O)N(C2CC2)[C@H](C)C2CC2)c1. The topological polar surface area (TPSA) is 80.5 Å². The molecule has 0 radical (unpaired) electrons. The number of rotatable bonds is 5. The molecule has 120 valence electrons. The summed E-state index contributed by atoms with van der Waals surface area (Å²) >= 11 is 0. The van der Waals surface area contributed by atoms with E-state index >= 15 is 0 Å². The molecule has 0 aromatic heterocycles. The highest BCUT2D eigenvalue weighted by Gasteiger charge is 2.42. The standard InChI is InChI=1S/C16H22N2O3S/c1-10-3-8-15(22(17,20)21)14(9-10)16(19)18(13-6-7-13)11(2)12-4-5-12/h3,8-9,11-13H,4-7H2,1-2H3,(H2,17,20,21)/t11-/m1/s1. The van der Waals surface area contributed by atoms with Crippen molar-refractivity contribution in [1.82, 2.24) is 4.90 Å². The van der Waals surface area contributed by atoms with E-state index in [0.29, 0.717) is 5.92 Å². The molecule has 0 spiro atoms. The maximum atomic E-state index is 13.0. The van der Waals surface area contributed by atoms with E-state index in [2.05, 4.69) is 6.92 Å². The lowest BCUT2D eigenvalue weighted by molar-refractivity contribution is 0.0650. The molecule has 2 saturated carbocycles. The average molecular weight is 322 g/mol. The summed E-state index contributed by atoms with van der Waals surface area (Å²) in [5, 5.41) is 5.29. The second kappa shape index (κ2) is 5.35. The lowest BCUT2D eigenvalue weighted by atomic mass is 10.1. The Balaban J connectivity index is 2.01. The fraction of sp³-hybridized carbons (Fsp3) is 0.562. The third-order valence-corrected chi connectivity index (χ3v) is 5.56. The van der Waals surface area contributed by atoms with Gasteiger partial charge in [0.1, 0.15) is 0 Å². The Morgan fingerprint density at radius 1 is 1.27 bits per heavy atom. The van der Waals surface area contributed by atoms with Crippen molar-refractivity contribution in [2.24, 2.45) is 11.1 Å². The summed E-state index contributed by atoms with van der Waals surface area (Å²) in [5.74, 6) is 0.349. The molecule has 2 aliphatic rings. The van der Waals surface area contributed by atoms with E-state index in [1.54, 1.807) is 12.1 Å². The van der Waals surface area contributed by atoms with Gasteiger partial charge in [-0.1, -0.05) is 11.6 Å². The third-order valence-electron chi connectivity index (χ3n) is 4.59. The molecule has 6 heteroatoms. The summed E-state index contributed by atoms with van der Waals surface area (Å²) in [4.78, 5) is 14.8. The molecule has 0 heterocycles. The van der Waals surface area contributed by atoms with Crippen LogP contribution in [0.1, 0.15) is 48.5 Å². The lowest BCUT2D eigenvalue weighted by Gasteiger charge is -2.30. The minimum atomic E-state index is -3.91. The fourth-order valence-electron chi connectivity index (χ4n) is 3.04. The minimum Gasteiger partial charge on any atom is -0.333 e. The zero-order chi connectivity index (χ0) is 16.1. The fourth-order valence-corrected chi connectivity index (χ4v) is 3.75. The smallest absolute Gasteiger partial charge is 0.255 e. The van der Waals surface area contributed by atoms with Crippen LogP contribution in [0.3, 0.4) is 0 Å². The summed E-state index contributed by atoms with van der Waals surface area (Å²) in [7, 11) is -3.91. The second-order valence-electron chi connectivity index (χ2n) is 6.57. The monoisotopic (exact) mass is 322 g/mol. The van der Waals surface area contributed by atoms with Crippen molar-refractivity contribution >= 4 is 15.9 Å². The normalized spacial score (nSPS) is 19.8. The number of primary sulfonamides is 1. The Bertz CT molecular complexity index is 706. The van der Waals surface area contributed by atoms with E-state index < -0.39 is 10.0 Å². The van der Waals surface area contributed by atoms with Crippen LogP contribution in [0.2, 0.25) is 0 Å². The molecule has 1 aromatic rings. The van der Waals surface area contributed by atoms with E-state index in [0.717, 1.165) is 31.2 Å². The first-order chi connectivity index (χ1) is 10.3. The van der Waals surface area contributed by atoms with Gasteiger partial charge in [0.05, 0.1) is 10.5 Å². The zero-order valence-electron chi connectivity index (χ0n) is 13.0. The van der Waals surface area contributed by atoms with Crippen LogP contribution in [0.15, 0.2) is 23.1 Å². The van der Waals surface area contributed by atoms with Gasteiger partial charge >= 0.3 is 0 Å². The number of hydrogen-bond donors (Lipinski definition) is 1. The van der Waals surface area contributed by atoms with Gasteiger partial charge in [-0.25, -0.2) is 13.6 Å². The lowest BCUT2D eigenvalue weighted by Crippen LogP contribution is -2.42. The first kappa shape index (κ1) is 15.5. The van der Waals surface area contributed by atoms with Gasteiger partial charge in [0, 0.05) is 12.1 Å². The highest BCUT2D eigenvalue weighted by atomic mass is 32.2. The molecule has 1 aromatic carbocycles. The molecule has 1 atom stereocenters. The molecule has 0 bridgehead atoms. The second-order valence-corrected chi connectivity index (χ2v) is 8.10. The van der Waals surface area contributed by atoms with Gasteiger partial charge in [-0.2, -0.15) is 0 Å². The first-order valence-corrected chi connectivity index (χ1v) is 9.30. The highest BCUT2D eigenvalue weighted by Crippen LogP contribution is 2.40. The minimum absolute atomic E-state index is 0.0725. The summed E-state index contributed by atoms with van der Waals surface area (Å²) in [6.07, 6.45) is 4.29. The van der Waals surface area contributed by atoms with Crippen molar-refractivity contribution in [2.45, 2.75) is 56.5 Å². The van der Waals surface area contributed by atoms with Crippen molar-refractivity contribution < 1.29 is 13.2 Å². The van der Waals surface area contributed by atoms with Crippen molar-refractivity contribution in [3.05, 3.63) is 29.3 Å². The van der Waals surface area contributed by atoms with Gasteiger partial charge < -0.3 is 4.90 Å². The van der Waals surface area contributed by atoms with E-state index in [1.807, 2.05) is 11.8 Å². The molecule has 0 saturated heterocycles.